The number of nitrogens with zero attached hydrogens (tertiary/aromatic N) is 2. The van der Waals surface area contributed by atoms with E-state index in [1.54, 1.807) is 61.5 Å². The highest BCUT2D eigenvalue weighted by atomic mass is 35.5. The van der Waals surface area contributed by atoms with E-state index in [4.69, 9.17) is 23.2 Å². The van der Waals surface area contributed by atoms with Crippen molar-refractivity contribution in [2.75, 3.05) is 10.8 Å². The van der Waals surface area contributed by atoms with Gasteiger partial charge in [-0.15, -0.1) is 0 Å². The van der Waals surface area contributed by atoms with Gasteiger partial charge in [-0.05, 0) is 75.6 Å². The van der Waals surface area contributed by atoms with Gasteiger partial charge in [0, 0.05) is 22.6 Å². The van der Waals surface area contributed by atoms with Crippen molar-refractivity contribution in [3.63, 3.8) is 0 Å². The van der Waals surface area contributed by atoms with Gasteiger partial charge in [-0.25, -0.2) is 8.42 Å². The van der Waals surface area contributed by atoms with Gasteiger partial charge < -0.3 is 10.2 Å². The Hall–Kier alpha value is -3.07. The molecule has 1 aliphatic rings. The Morgan fingerprint density at radius 1 is 0.927 bits per heavy atom. The van der Waals surface area contributed by atoms with E-state index in [9.17, 15) is 18.0 Å². The highest BCUT2D eigenvalue weighted by Gasteiger charge is 2.33. The minimum atomic E-state index is -4.12. The SMILES string of the molecule is Cc1ccc(N(CC(=O)N(Cc2ccc(Cl)cc2Cl)[C@@H](C)C(=O)NC2CCCC2)S(=O)(=O)c2ccc(C)cc2)cc1. The predicted molar refractivity (Wildman–Crippen MR) is 164 cm³/mol. The molecule has 0 bridgehead atoms. The Labute approximate surface area is 252 Å². The summed E-state index contributed by atoms with van der Waals surface area (Å²) in [6.45, 7) is 4.91. The van der Waals surface area contributed by atoms with Gasteiger partial charge in [-0.1, -0.05) is 77.5 Å². The van der Waals surface area contributed by atoms with Gasteiger partial charge in [0.2, 0.25) is 11.8 Å². The molecular formula is C31H35Cl2N3O4S. The minimum Gasteiger partial charge on any atom is -0.352 e. The zero-order valence-corrected chi connectivity index (χ0v) is 25.8. The third-order valence-corrected chi connectivity index (χ3v) is 9.81. The smallest absolute Gasteiger partial charge is 0.264 e. The first kappa shape index (κ1) is 30.9. The number of hydrogen-bond acceptors (Lipinski definition) is 4. The maximum atomic E-state index is 14.1. The molecule has 41 heavy (non-hydrogen) atoms. The highest BCUT2D eigenvalue weighted by Crippen LogP contribution is 2.27. The van der Waals surface area contributed by atoms with Crippen LogP contribution >= 0.6 is 23.2 Å². The zero-order chi connectivity index (χ0) is 29.7. The third-order valence-electron chi connectivity index (χ3n) is 7.43. The molecule has 1 fully saturated rings. The molecule has 0 aliphatic heterocycles. The number of carbonyl (C=O) groups is 2. The molecule has 1 saturated carbocycles. The van der Waals surface area contributed by atoms with Gasteiger partial charge >= 0.3 is 0 Å². The normalized spacial score (nSPS) is 14.5. The summed E-state index contributed by atoms with van der Waals surface area (Å²) in [4.78, 5) is 28.8. The molecule has 10 heteroatoms. The van der Waals surface area contributed by atoms with Gasteiger partial charge in [0.05, 0.1) is 10.6 Å². The number of amides is 2. The van der Waals surface area contributed by atoms with E-state index in [1.165, 1.54) is 17.0 Å². The number of anilines is 1. The first-order valence-electron chi connectivity index (χ1n) is 13.7. The van der Waals surface area contributed by atoms with Crippen molar-refractivity contribution >= 4 is 50.7 Å². The van der Waals surface area contributed by atoms with Crippen molar-refractivity contribution in [2.24, 2.45) is 0 Å². The van der Waals surface area contributed by atoms with Crippen LogP contribution in [-0.4, -0.2) is 43.8 Å². The molecule has 1 aliphatic carbocycles. The molecule has 4 rings (SSSR count). The molecule has 218 valence electrons. The van der Waals surface area contributed by atoms with Gasteiger partial charge in [-0.3, -0.25) is 13.9 Å². The van der Waals surface area contributed by atoms with Crippen molar-refractivity contribution in [3.05, 3.63) is 93.5 Å². The number of carbonyl (C=O) groups excluding carboxylic acids is 2. The topological polar surface area (TPSA) is 86.8 Å². The predicted octanol–water partition coefficient (Wildman–Crippen LogP) is 6.28. The second-order valence-electron chi connectivity index (χ2n) is 10.6. The zero-order valence-electron chi connectivity index (χ0n) is 23.4. The van der Waals surface area contributed by atoms with Crippen LogP contribution in [0.4, 0.5) is 5.69 Å². The first-order chi connectivity index (χ1) is 19.5. The van der Waals surface area contributed by atoms with Gasteiger partial charge in [0.15, 0.2) is 0 Å². The van der Waals surface area contributed by atoms with Crippen LogP contribution in [0.5, 0.6) is 0 Å². The maximum Gasteiger partial charge on any atom is 0.264 e. The lowest BCUT2D eigenvalue weighted by Gasteiger charge is -2.32. The lowest BCUT2D eigenvalue weighted by Crippen LogP contribution is -2.52. The molecule has 0 radical (unpaired) electrons. The van der Waals surface area contributed by atoms with Crippen LogP contribution < -0.4 is 9.62 Å². The van der Waals surface area contributed by atoms with Crippen LogP contribution in [0.15, 0.2) is 71.6 Å². The fourth-order valence-corrected chi connectivity index (χ4v) is 6.77. The number of hydrogen-bond donors (Lipinski definition) is 1. The average Bonchev–Trinajstić information content (AvgIpc) is 3.44. The standard InChI is InChI=1S/C31H35Cl2N3O4S/c1-21-8-14-27(15-9-21)36(41(39,40)28-16-10-22(2)11-17-28)20-30(37)35(19-24-12-13-25(32)18-29(24)33)23(3)31(38)34-26-6-4-5-7-26/h8-18,23,26H,4-7,19-20H2,1-3H3,(H,34,38)/t23-/m0/s1. The van der Waals surface area contributed by atoms with Crippen molar-refractivity contribution < 1.29 is 18.0 Å². The molecule has 0 unspecified atom stereocenters. The molecule has 7 nitrogen and oxygen atoms in total. The summed E-state index contributed by atoms with van der Waals surface area (Å²) in [5.74, 6) is -0.833. The van der Waals surface area contributed by atoms with E-state index in [1.807, 2.05) is 13.8 Å². The van der Waals surface area contributed by atoms with E-state index >= 15 is 0 Å². The number of sulfonamides is 1. The summed E-state index contributed by atoms with van der Waals surface area (Å²) in [6, 6.07) is 17.5. The Morgan fingerprint density at radius 2 is 1.51 bits per heavy atom. The summed E-state index contributed by atoms with van der Waals surface area (Å²) < 4.78 is 28.9. The van der Waals surface area contributed by atoms with Crippen molar-refractivity contribution in [1.82, 2.24) is 10.2 Å². The first-order valence-corrected chi connectivity index (χ1v) is 15.8. The highest BCUT2D eigenvalue weighted by molar-refractivity contribution is 7.92. The Balaban J connectivity index is 1.70. The molecule has 1 N–H and O–H groups in total. The van der Waals surface area contributed by atoms with E-state index in [0.717, 1.165) is 41.1 Å². The monoisotopic (exact) mass is 615 g/mol. The quantitative estimate of drug-likeness (QED) is 0.291. The molecular weight excluding hydrogens is 581 g/mol. The van der Waals surface area contributed by atoms with Crippen LogP contribution in [0.3, 0.4) is 0 Å². The fraction of sp³-hybridized carbons (Fsp3) is 0.355. The summed E-state index contributed by atoms with van der Waals surface area (Å²) in [5.41, 5.74) is 2.80. The second kappa shape index (κ2) is 13.3. The Morgan fingerprint density at radius 3 is 2.10 bits per heavy atom. The lowest BCUT2D eigenvalue weighted by molar-refractivity contribution is -0.139. The van der Waals surface area contributed by atoms with Crippen LogP contribution in [0.1, 0.15) is 49.3 Å². The third kappa shape index (κ3) is 7.61. The Bertz CT molecular complexity index is 1490. The summed E-state index contributed by atoms with van der Waals surface area (Å²) >= 11 is 12.5. The van der Waals surface area contributed by atoms with E-state index < -0.39 is 28.5 Å². The molecule has 0 saturated heterocycles. The van der Waals surface area contributed by atoms with E-state index in [2.05, 4.69) is 5.32 Å². The summed E-state index contributed by atoms with van der Waals surface area (Å²) in [7, 11) is -4.12. The van der Waals surface area contributed by atoms with Gasteiger partial charge in [-0.2, -0.15) is 0 Å². The molecule has 1 atom stereocenters. The van der Waals surface area contributed by atoms with Crippen LogP contribution in [0, 0.1) is 13.8 Å². The average molecular weight is 617 g/mol. The molecule has 3 aromatic carbocycles. The van der Waals surface area contributed by atoms with E-state index in [0.29, 0.717) is 21.3 Å². The molecule has 2 amide bonds. The lowest BCUT2D eigenvalue weighted by atomic mass is 10.1. The fourth-order valence-electron chi connectivity index (χ4n) is 4.89. The van der Waals surface area contributed by atoms with Crippen molar-refractivity contribution in [3.8, 4) is 0 Å². The number of benzene rings is 3. The van der Waals surface area contributed by atoms with Gasteiger partial charge in [0.1, 0.15) is 12.6 Å². The van der Waals surface area contributed by atoms with Crippen LogP contribution in [-0.2, 0) is 26.2 Å². The second-order valence-corrected chi connectivity index (χ2v) is 13.3. The van der Waals surface area contributed by atoms with Crippen molar-refractivity contribution in [1.29, 1.82) is 0 Å². The molecule has 0 spiro atoms. The van der Waals surface area contributed by atoms with Gasteiger partial charge in [0.25, 0.3) is 10.0 Å². The Kier molecular flexibility index (Phi) is 10.00. The number of aryl methyl sites for hydroxylation is 2. The largest absolute Gasteiger partial charge is 0.352 e. The van der Waals surface area contributed by atoms with E-state index in [-0.39, 0.29) is 23.4 Å². The summed E-state index contributed by atoms with van der Waals surface area (Å²) in [5, 5.41) is 3.85. The summed E-state index contributed by atoms with van der Waals surface area (Å²) in [6.07, 6.45) is 3.88. The maximum absolute atomic E-state index is 14.1. The minimum absolute atomic E-state index is 0.000403. The number of halogens is 2. The van der Waals surface area contributed by atoms with Crippen LogP contribution in [0.2, 0.25) is 10.0 Å². The number of rotatable bonds is 10. The van der Waals surface area contributed by atoms with Crippen LogP contribution in [0.25, 0.3) is 0 Å². The number of nitrogens with one attached hydrogen (secondary N) is 1. The molecule has 3 aromatic rings. The van der Waals surface area contributed by atoms with Crippen molar-refractivity contribution in [2.45, 2.75) is 70.0 Å². The molecule has 0 aromatic heterocycles. The molecule has 0 heterocycles.